The van der Waals surface area contributed by atoms with Crippen molar-refractivity contribution in [2.45, 2.75) is 52.4 Å². The molecule has 1 fully saturated rings. The molecule has 0 aliphatic carbocycles. The molecule has 0 aromatic heterocycles. The Morgan fingerprint density at radius 1 is 1.23 bits per heavy atom. The highest BCUT2D eigenvalue weighted by Crippen LogP contribution is 2.28. The van der Waals surface area contributed by atoms with Gasteiger partial charge in [-0.15, -0.1) is 0 Å². The van der Waals surface area contributed by atoms with Crippen molar-refractivity contribution < 1.29 is 23.4 Å². The maximum absolute atomic E-state index is 13.3. The SMILES string of the molecule is Cc1cc(OCc2cccc(F)c2)ccc1C1CN(CCC(=O)OC(C)(C)C)CCO1. The van der Waals surface area contributed by atoms with Gasteiger partial charge in [0.25, 0.3) is 0 Å². The summed E-state index contributed by atoms with van der Waals surface area (Å²) >= 11 is 0. The summed E-state index contributed by atoms with van der Waals surface area (Å²) in [5.74, 6) is 0.299. The number of morpholine rings is 1. The van der Waals surface area contributed by atoms with E-state index in [1.54, 1.807) is 6.07 Å². The van der Waals surface area contributed by atoms with Gasteiger partial charge < -0.3 is 14.2 Å². The molecule has 1 atom stereocenters. The summed E-state index contributed by atoms with van der Waals surface area (Å²) in [6, 6.07) is 12.3. The normalized spacial score (nSPS) is 17.4. The van der Waals surface area contributed by atoms with E-state index in [1.807, 2.05) is 52.0 Å². The lowest BCUT2D eigenvalue weighted by molar-refractivity contribution is -0.155. The first-order valence-electron chi connectivity index (χ1n) is 10.7. The van der Waals surface area contributed by atoms with E-state index in [0.717, 1.165) is 35.5 Å². The smallest absolute Gasteiger partial charge is 0.307 e. The Hall–Kier alpha value is -2.44. The number of halogens is 1. The van der Waals surface area contributed by atoms with Crippen LogP contribution in [0.5, 0.6) is 5.75 Å². The van der Waals surface area contributed by atoms with Crippen LogP contribution in [-0.4, -0.2) is 42.7 Å². The number of benzene rings is 2. The topological polar surface area (TPSA) is 48.0 Å². The fraction of sp³-hybridized carbons (Fsp3) is 0.480. The van der Waals surface area contributed by atoms with Crippen molar-refractivity contribution in [2.24, 2.45) is 0 Å². The van der Waals surface area contributed by atoms with E-state index >= 15 is 0 Å². The highest BCUT2D eigenvalue weighted by molar-refractivity contribution is 5.70. The molecule has 1 aliphatic heterocycles. The summed E-state index contributed by atoms with van der Waals surface area (Å²) < 4.78 is 30.6. The van der Waals surface area contributed by atoms with Crippen molar-refractivity contribution >= 4 is 5.97 Å². The zero-order valence-electron chi connectivity index (χ0n) is 18.8. The van der Waals surface area contributed by atoms with Crippen molar-refractivity contribution in [3.63, 3.8) is 0 Å². The summed E-state index contributed by atoms with van der Waals surface area (Å²) in [7, 11) is 0. The average molecular weight is 430 g/mol. The Balaban J connectivity index is 1.54. The molecule has 168 valence electrons. The largest absolute Gasteiger partial charge is 0.489 e. The first-order chi connectivity index (χ1) is 14.7. The van der Waals surface area contributed by atoms with Crippen LogP contribution in [0, 0.1) is 12.7 Å². The Labute approximate surface area is 184 Å². The summed E-state index contributed by atoms with van der Waals surface area (Å²) in [5, 5.41) is 0. The average Bonchev–Trinajstić information content (AvgIpc) is 2.70. The highest BCUT2D eigenvalue weighted by Gasteiger charge is 2.24. The second-order valence-corrected chi connectivity index (χ2v) is 8.93. The van der Waals surface area contributed by atoms with E-state index in [-0.39, 0.29) is 17.9 Å². The Morgan fingerprint density at radius 3 is 2.74 bits per heavy atom. The first-order valence-corrected chi connectivity index (χ1v) is 10.7. The molecule has 1 unspecified atom stereocenters. The third-order valence-electron chi connectivity index (χ3n) is 5.09. The Bertz CT molecular complexity index is 893. The Morgan fingerprint density at radius 2 is 2.03 bits per heavy atom. The van der Waals surface area contributed by atoms with Gasteiger partial charge in [-0.3, -0.25) is 9.69 Å². The van der Waals surface area contributed by atoms with Crippen LogP contribution in [0.1, 0.15) is 50.0 Å². The monoisotopic (exact) mass is 429 g/mol. The number of hydrogen-bond acceptors (Lipinski definition) is 5. The van der Waals surface area contributed by atoms with Crippen molar-refractivity contribution in [1.29, 1.82) is 0 Å². The van der Waals surface area contributed by atoms with Crippen LogP contribution in [0.25, 0.3) is 0 Å². The van der Waals surface area contributed by atoms with Gasteiger partial charge in [-0.1, -0.05) is 18.2 Å². The zero-order valence-corrected chi connectivity index (χ0v) is 18.8. The van der Waals surface area contributed by atoms with Crippen LogP contribution in [0.3, 0.4) is 0 Å². The van der Waals surface area contributed by atoms with Gasteiger partial charge in [0.15, 0.2) is 0 Å². The molecule has 2 aromatic carbocycles. The predicted molar refractivity (Wildman–Crippen MR) is 118 cm³/mol. The standard InChI is InChI=1S/C25H32FNO4/c1-18-14-21(30-17-19-6-5-7-20(26)15-19)8-9-22(18)23-16-27(12-13-29-23)11-10-24(28)31-25(2,3)4/h5-9,14-15,23H,10-13,16-17H2,1-4H3. The summed E-state index contributed by atoms with van der Waals surface area (Å²) in [5.41, 5.74) is 2.52. The van der Waals surface area contributed by atoms with Gasteiger partial charge in [-0.05, 0) is 68.7 Å². The van der Waals surface area contributed by atoms with Crippen molar-refractivity contribution in [3.05, 3.63) is 65.0 Å². The minimum atomic E-state index is -0.458. The molecule has 1 saturated heterocycles. The molecule has 3 rings (SSSR count). The van der Waals surface area contributed by atoms with E-state index in [9.17, 15) is 9.18 Å². The quantitative estimate of drug-likeness (QED) is 0.591. The third-order valence-corrected chi connectivity index (χ3v) is 5.09. The van der Waals surface area contributed by atoms with E-state index in [2.05, 4.69) is 4.90 Å². The van der Waals surface area contributed by atoms with Crippen LogP contribution in [0.2, 0.25) is 0 Å². The fourth-order valence-corrected chi connectivity index (χ4v) is 3.63. The van der Waals surface area contributed by atoms with Gasteiger partial charge >= 0.3 is 5.97 Å². The number of ether oxygens (including phenoxy) is 3. The number of carbonyl (C=O) groups is 1. The molecule has 5 nitrogen and oxygen atoms in total. The maximum Gasteiger partial charge on any atom is 0.307 e. The fourth-order valence-electron chi connectivity index (χ4n) is 3.63. The highest BCUT2D eigenvalue weighted by atomic mass is 19.1. The number of rotatable bonds is 7. The van der Waals surface area contributed by atoms with Crippen LogP contribution in [0.4, 0.5) is 4.39 Å². The molecule has 1 heterocycles. The molecular formula is C25H32FNO4. The lowest BCUT2D eigenvalue weighted by Crippen LogP contribution is -2.40. The van der Waals surface area contributed by atoms with Crippen LogP contribution < -0.4 is 4.74 Å². The van der Waals surface area contributed by atoms with Gasteiger partial charge in [0.1, 0.15) is 23.8 Å². The van der Waals surface area contributed by atoms with Gasteiger partial charge in [0.05, 0.1) is 19.1 Å². The molecular weight excluding hydrogens is 397 g/mol. The van der Waals surface area contributed by atoms with Gasteiger partial charge in [0.2, 0.25) is 0 Å². The summed E-state index contributed by atoms with van der Waals surface area (Å²) in [4.78, 5) is 14.3. The van der Waals surface area contributed by atoms with E-state index in [4.69, 9.17) is 14.2 Å². The van der Waals surface area contributed by atoms with Crippen LogP contribution in [-0.2, 0) is 20.9 Å². The number of aryl methyl sites for hydroxylation is 1. The minimum Gasteiger partial charge on any atom is -0.489 e. The van der Waals surface area contributed by atoms with Gasteiger partial charge in [0, 0.05) is 19.6 Å². The molecule has 0 bridgehead atoms. The van der Waals surface area contributed by atoms with Gasteiger partial charge in [-0.2, -0.15) is 0 Å². The number of nitrogens with zero attached hydrogens (tertiary/aromatic N) is 1. The lowest BCUT2D eigenvalue weighted by Gasteiger charge is -2.33. The van der Waals surface area contributed by atoms with Crippen molar-refractivity contribution in [3.8, 4) is 5.75 Å². The van der Waals surface area contributed by atoms with Gasteiger partial charge in [-0.25, -0.2) is 4.39 Å². The number of esters is 1. The molecule has 6 heteroatoms. The summed E-state index contributed by atoms with van der Waals surface area (Å²) in [6.07, 6.45) is 0.320. The maximum atomic E-state index is 13.3. The molecule has 31 heavy (non-hydrogen) atoms. The molecule has 2 aromatic rings. The predicted octanol–water partition coefficient (Wildman–Crippen LogP) is 4.82. The first kappa shape index (κ1) is 23.2. The van der Waals surface area contributed by atoms with E-state index < -0.39 is 5.60 Å². The Kier molecular flexibility index (Phi) is 7.68. The molecule has 0 spiro atoms. The molecule has 1 aliphatic rings. The van der Waals surface area contributed by atoms with Crippen LogP contribution >= 0.6 is 0 Å². The lowest BCUT2D eigenvalue weighted by atomic mass is 10.0. The number of hydrogen-bond donors (Lipinski definition) is 0. The minimum absolute atomic E-state index is 0.0512. The molecule has 0 N–H and O–H groups in total. The summed E-state index contributed by atoms with van der Waals surface area (Å²) in [6.45, 7) is 10.8. The van der Waals surface area contributed by atoms with E-state index in [0.29, 0.717) is 26.2 Å². The molecule has 0 amide bonds. The van der Waals surface area contributed by atoms with E-state index in [1.165, 1.54) is 12.1 Å². The second-order valence-electron chi connectivity index (χ2n) is 8.93. The second kappa shape index (κ2) is 10.2. The van der Waals surface area contributed by atoms with Crippen molar-refractivity contribution in [1.82, 2.24) is 4.90 Å². The van der Waals surface area contributed by atoms with Crippen molar-refractivity contribution in [2.75, 3.05) is 26.2 Å². The molecule has 0 radical (unpaired) electrons. The third kappa shape index (κ3) is 7.33. The van der Waals surface area contributed by atoms with Crippen LogP contribution in [0.15, 0.2) is 42.5 Å². The zero-order chi connectivity index (χ0) is 22.4. The number of carbonyl (C=O) groups excluding carboxylic acids is 1. The molecule has 0 saturated carbocycles.